The number of carbonyl (C=O) groups excluding carboxylic acids is 1. The van der Waals surface area contributed by atoms with Crippen molar-refractivity contribution in [2.24, 2.45) is 0 Å². The highest BCUT2D eigenvalue weighted by Crippen LogP contribution is 2.34. The molecule has 3 heterocycles. The molecule has 1 N–H and O–H groups in total. The number of hydrogen-bond donors (Lipinski definition) is 1. The molecule has 6 nitrogen and oxygen atoms in total. The molecule has 10 heteroatoms. The van der Waals surface area contributed by atoms with Gasteiger partial charge in [0.25, 0.3) is 5.91 Å². The van der Waals surface area contributed by atoms with Crippen molar-refractivity contribution in [3.63, 3.8) is 0 Å². The molecule has 180 valence electrons. The number of aromatic nitrogens is 4. The summed E-state index contributed by atoms with van der Waals surface area (Å²) in [4.78, 5) is 21.5. The number of nitrogens with one attached hydrogen (secondary N) is 1. The summed E-state index contributed by atoms with van der Waals surface area (Å²) < 4.78 is 54.6. The van der Waals surface area contributed by atoms with Crippen LogP contribution in [0.25, 0.3) is 28.2 Å². The first-order valence-corrected chi connectivity index (χ1v) is 10.8. The Kier molecular flexibility index (Phi) is 5.71. The zero-order chi connectivity index (χ0) is 25.4. The lowest BCUT2D eigenvalue weighted by Gasteiger charge is -2.10. The van der Waals surface area contributed by atoms with Crippen molar-refractivity contribution >= 4 is 17.4 Å². The molecule has 5 aromatic rings. The van der Waals surface area contributed by atoms with E-state index in [1.165, 1.54) is 24.4 Å². The summed E-state index contributed by atoms with van der Waals surface area (Å²) in [6.07, 6.45) is -1.52. The van der Waals surface area contributed by atoms with Gasteiger partial charge in [0.2, 0.25) is 0 Å². The maximum absolute atomic E-state index is 13.9. The van der Waals surface area contributed by atoms with E-state index in [1.807, 2.05) is 0 Å². The Labute approximate surface area is 202 Å². The van der Waals surface area contributed by atoms with E-state index in [-0.39, 0.29) is 17.2 Å². The lowest BCUT2D eigenvalue weighted by molar-refractivity contribution is -0.137. The van der Waals surface area contributed by atoms with Gasteiger partial charge in [0.15, 0.2) is 5.65 Å². The predicted octanol–water partition coefficient (Wildman–Crippen LogP) is 6.18. The highest BCUT2D eigenvalue weighted by molar-refractivity contribution is 6.04. The van der Waals surface area contributed by atoms with Crippen LogP contribution in [-0.4, -0.2) is 25.5 Å². The number of rotatable bonds is 4. The molecule has 0 saturated carbocycles. The highest BCUT2D eigenvalue weighted by atomic mass is 19.4. The summed E-state index contributed by atoms with van der Waals surface area (Å²) in [5.41, 5.74) is 2.30. The third-order valence-corrected chi connectivity index (χ3v) is 5.55. The Hall–Kier alpha value is -4.60. The van der Waals surface area contributed by atoms with E-state index >= 15 is 0 Å². The molecule has 0 aliphatic rings. The van der Waals surface area contributed by atoms with Crippen LogP contribution < -0.4 is 5.32 Å². The van der Waals surface area contributed by atoms with E-state index in [4.69, 9.17) is 0 Å². The first-order valence-electron chi connectivity index (χ1n) is 10.8. The number of nitrogens with zero attached hydrogens (tertiary/aromatic N) is 4. The summed E-state index contributed by atoms with van der Waals surface area (Å²) in [6.45, 7) is 1.65. The molecule has 1 amide bonds. The molecular formula is C26H17F4N5O. The number of carbonyl (C=O) groups is 1. The van der Waals surface area contributed by atoms with Gasteiger partial charge < -0.3 is 5.32 Å². The molecule has 0 aliphatic carbocycles. The van der Waals surface area contributed by atoms with E-state index < -0.39 is 17.6 Å². The van der Waals surface area contributed by atoms with Crippen LogP contribution in [0.15, 0.2) is 79.1 Å². The minimum absolute atomic E-state index is 0.127. The van der Waals surface area contributed by atoms with Crippen LogP contribution in [-0.2, 0) is 6.18 Å². The van der Waals surface area contributed by atoms with Crippen molar-refractivity contribution in [1.29, 1.82) is 0 Å². The molecule has 0 aliphatic heterocycles. The van der Waals surface area contributed by atoms with E-state index in [2.05, 4.69) is 20.4 Å². The molecule has 36 heavy (non-hydrogen) atoms. The van der Waals surface area contributed by atoms with Gasteiger partial charge in [-0.15, -0.1) is 0 Å². The Balaban J connectivity index is 1.55. The van der Waals surface area contributed by atoms with Crippen LogP contribution in [0.5, 0.6) is 0 Å². The predicted molar refractivity (Wildman–Crippen MR) is 126 cm³/mol. The fraction of sp³-hybridized carbons (Fsp3) is 0.0769. The molecule has 2 aromatic carbocycles. The normalized spacial score (nSPS) is 11.6. The molecule has 0 spiro atoms. The topological polar surface area (TPSA) is 72.2 Å². The molecule has 0 saturated heterocycles. The standard InChI is InChI=1S/C26H17F4N5O/c1-15-12-16(7-8-20(15)27)23-24(35-22(34-23)6-3-10-32-35)17-9-11-31-21(14-17)33-25(36)18-4-2-5-19(13-18)26(28,29)30/h2-14H,1H3,(H,31,33,36). The molecule has 0 bridgehead atoms. The fourth-order valence-corrected chi connectivity index (χ4v) is 3.81. The number of imidazole rings is 1. The van der Waals surface area contributed by atoms with Crippen LogP contribution >= 0.6 is 0 Å². The lowest BCUT2D eigenvalue weighted by Crippen LogP contribution is -2.14. The van der Waals surface area contributed by atoms with E-state index in [1.54, 1.807) is 54.0 Å². The molecule has 5 rings (SSSR count). The van der Waals surface area contributed by atoms with Crippen molar-refractivity contribution < 1.29 is 22.4 Å². The molecule has 0 fully saturated rings. The van der Waals surface area contributed by atoms with Gasteiger partial charge in [-0.25, -0.2) is 18.9 Å². The van der Waals surface area contributed by atoms with Crippen LogP contribution in [0.3, 0.4) is 0 Å². The van der Waals surface area contributed by atoms with Gasteiger partial charge in [0.1, 0.15) is 17.3 Å². The van der Waals surface area contributed by atoms with Crippen molar-refractivity contribution in [2.75, 3.05) is 5.32 Å². The van der Waals surface area contributed by atoms with Gasteiger partial charge in [-0.1, -0.05) is 6.07 Å². The molecule has 0 radical (unpaired) electrons. The average molecular weight is 491 g/mol. The van der Waals surface area contributed by atoms with Crippen LogP contribution in [0.2, 0.25) is 0 Å². The number of alkyl halides is 3. The Morgan fingerprint density at radius 3 is 2.56 bits per heavy atom. The summed E-state index contributed by atoms with van der Waals surface area (Å²) in [7, 11) is 0. The smallest absolute Gasteiger partial charge is 0.307 e. The average Bonchev–Trinajstić information content (AvgIpc) is 3.25. The zero-order valence-electron chi connectivity index (χ0n) is 18.7. The summed E-state index contributed by atoms with van der Waals surface area (Å²) >= 11 is 0. The maximum Gasteiger partial charge on any atom is 0.416 e. The zero-order valence-corrected chi connectivity index (χ0v) is 18.7. The van der Waals surface area contributed by atoms with Crippen molar-refractivity contribution in [3.8, 4) is 22.5 Å². The summed E-state index contributed by atoms with van der Waals surface area (Å²) in [6, 6.07) is 15.6. The van der Waals surface area contributed by atoms with Gasteiger partial charge in [-0.2, -0.15) is 18.3 Å². The van der Waals surface area contributed by atoms with Gasteiger partial charge in [0, 0.05) is 29.1 Å². The van der Waals surface area contributed by atoms with Gasteiger partial charge in [-0.05, 0) is 73.2 Å². The molecule has 0 unspecified atom stereocenters. The van der Waals surface area contributed by atoms with Crippen LogP contribution in [0, 0.1) is 12.7 Å². The second-order valence-corrected chi connectivity index (χ2v) is 8.03. The minimum atomic E-state index is -4.57. The number of pyridine rings is 1. The van der Waals surface area contributed by atoms with E-state index in [0.717, 1.165) is 12.1 Å². The quantitative estimate of drug-likeness (QED) is 0.305. The molecule has 0 atom stereocenters. The number of benzene rings is 2. The lowest BCUT2D eigenvalue weighted by atomic mass is 10.0. The Morgan fingerprint density at radius 2 is 1.78 bits per heavy atom. The third kappa shape index (κ3) is 4.40. The number of hydrogen-bond acceptors (Lipinski definition) is 4. The van der Waals surface area contributed by atoms with E-state index in [9.17, 15) is 22.4 Å². The summed E-state index contributed by atoms with van der Waals surface area (Å²) in [5.74, 6) is -0.955. The fourth-order valence-electron chi connectivity index (χ4n) is 3.81. The van der Waals surface area contributed by atoms with Crippen LogP contribution in [0.1, 0.15) is 21.5 Å². The first kappa shape index (κ1) is 23.2. The number of fused-ring (bicyclic) bond motifs is 1. The van der Waals surface area contributed by atoms with Crippen molar-refractivity contribution in [1.82, 2.24) is 19.6 Å². The SMILES string of the molecule is Cc1cc(-c2nc3cccnn3c2-c2ccnc(NC(=O)c3cccc(C(F)(F)F)c3)c2)ccc1F. The Morgan fingerprint density at radius 1 is 0.944 bits per heavy atom. The van der Waals surface area contributed by atoms with Gasteiger partial charge in [0.05, 0.1) is 11.3 Å². The number of aryl methyl sites for hydroxylation is 1. The van der Waals surface area contributed by atoms with Crippen molar-refractivity contribution in [2.45, 2.75) is 13.1 Å². The maximum atomic E-state index is 13.9. The monoisotopic (exact) mass is 491 g/mol. The number of amides is 1. The van der Waals surface area contributed by atoms with Crippen molar-refractivity contribution in [3.05, 3.63) is 102 Å². The molecule has 3 aromatic heterocycles. The van der Waals surface area contributed by atoms with Gasteiger partial charge >= 0.3 is 6.18 Å². The van der Waals surface area contributed by atoms with Gasteiger partial charge in [-0.3, -0.25) is 4.79 Å². The van der Waals surface area contributed by atoms with Crippen LogP contribution in [0.4, 0.5) is 23.4 Å². The highest BCUT2D eigenvalue weighted by Gasteiger charge is 2.31. The van der Waals surface area contributed by atoms with E-state index in [0.29, 0.717) is 33.7 Å². The minimum Gasteiger partial charge on any atom is -0.307 e. The second kappa shape index (κ2) is 8.88. The first-order chi connectivity index (χ1) is 17.2. The Bertz CT molecular complexity index is 1610. The number of anilines is 1. The summed E-state index contributed by atoms with van der Waals surface area (Å²) in [5, 5.41) is 6.93. The molecular weight excluding hydrogens is 474 g/mol. The third-order valence-electron chi connectivity index (χ3n) is 5.55. The second-order valence-electron chi connectivity index (χ2n) is 8.03. The largest absolute Gasteiger partial charge is 0.416 e. The number of halogens is 4.